The number of halogens is 1. The Hall–Kier alpha value is -1.55. The Morgan fingerprint density at radius 1 is 1.00 bits per heavy atom. The fraction of sp³-hybridized carbons (Fsp3) is 0.429. The van der Waals surface area contributed by atoms with E-state index in [2.05, 4.69) is 5.32 Å². The summed E-state index contributed by atoms with van der Waals surface area (Å²) in [6.07, 6.45) is 4.20. The molecule has 0 bridgehead atoms. The lowest BCUT2D eigenvalue weighted by molar-refractivity contribution is -0.143. The van der Waals surface area contributed by atoms with Gasteiger partial charge in [-0.2, -0.15) is 0 Å². The van der Waals surface area contributed by atoms with E-state index in [0.717, 1.165) is 25.7 Å². The smallest absolute Gasteiger partial charge is 0.313 e. The largest absolute Gasteiger partial charge is 0.334 e. The predicted octanol–water partition coefficient (Wildman–Crippen LogP) is 2.68. The molecule has 2 amide bonds. The van der Waals surface area contributed by atoms with Gasteiger partial charge in [0.1, 0.15) is 0 Å². The summed E-state index contributed by atoms with van der Waals surface area (Å²) >= 11 is 5.76. The van der Waals surface area contributed by atoms with Crippen molar-refractivity contribution < 1.29 is 9.59 Å². The van der Waals surface area contributed by atoms with E-state index in [1.807, 2.05) is 0 Å². The van der Waals surface area contributed by atoms with Crippen molar-refractivity contribution in [1.29, 1.82) is 0 Å². The number of carbonyl (C=O) groups excluding carboxylic acids is 2. The first kappa shape index (κ1) is 13.9. The van der Waals surface area contributed by atoms with Gasteiger partial charge < -0.3 is 10.2 Å². The van der Waals surface area contributed by atoms with Crippen LogP contribution in [0.1, 0.15) is 25.7 Å². The minimum atomic E-state index is -0.579. The number of hydrogen-bond acceptors (Lipinski definition) is 2. The molecule has 0 spiro atoms. The second kappa shape index (κ2) is 6.57. The van der Waals surface area contributed by atoms with Gasteiger partial charge in [-0.05, 0) is 37.1 Å². The normalized spacial score (nSPS) is 15.7. The Balaban J connectivity index is 1.94. The second-order valence-corrected chi connectivity index (χ2v) is 5.10. The minimum absolute atomic E-state index is 0.447. The van der Waals surface area contributed by atoms with Crippen LogP contribution in [0.3, 0.4) is 0 Å². The summed E-state index contributed by atoms with van der Waals surface area (Å²) in [5.74, 6) is -1.03. The Kier molecular flexibility index (Phi) is 4.80. The van der Waals surface area contributed by atoms with Crippen LogP contribution >= 0.6 is 11.6 Å². The summed E-state index contributed by atoms with van der Waals surface area (Å²) < 4.78 is 0. The summed E-state index contributed by atoms with van der Waals surface area (Å²) in [6, 6.07) is 6.70. The summed E-state index contributed by atoms with van der Waals surface area (Å²) in [4.78, 5) is 25.5. The standard InChI is InChI=1S/C14H17ClN2O2/c15-11-5-7-12(8-6-11)16-13(18)14(19)17-9-3-1-2-4-10-17/h5-8H,1-4,9-10H2,(H,16,18). The summed E-state index contributed by atoms with van der Waals surface area (Å²) in [6.45, 7) is 1.35. The van der Waals surface area contributed by atoms with Gasteiger partial charge in [-0.15, -0.1) is 0 Å². The fourth-order valence-corrected chi connectivity index (χ4v) is 2.26. The van der Waals surface area contributed by atoms with Crippen molar-refractivity contribution in [2.45, 2.75) is 25.7 Å². The third-order valence-corrected chi connectivity index (χ3v) is 3.44. The van der Waals surface area contributed by atoms with Gasteiger partial charge in [-0.25, -0.2) is 0 Å². The van der Waals surface area contributed by atoms with E-state index in [0.29, 0.717) is 23.8 Å². The molecule has 0 aromatic heterocycles. The number of nitrogens with one attached hydrogen (secondary N) is 1. The van der Waals surface area contributed by atoms with Gasteiger partial charge in [0.05, 0.1) is 0 Å². The molecule has 2 rings (SSSR count). The molecule has 19 heavy (non-hydrogen) atoms. The maximum atomic E-state index is 12.0. The van der Waals surface area contributed by atoms with Gasteiger partial charge >= 0.3 is 11.8 Å². The predicted molar refractivity (Wildman–Crippen MR) is 75.1 cm³/mol. The maximum absolute atomic E-state index is 12.0. The molecule has 4 nitrogen and oxygen atoms in total. The Morgan fingerprint density at radius 2 is 1.58 bits per heavy atom. The van der Waals surface area contributed by atoms with E-state index in [9.17, 15) is 9.59 Å². The zero-order chi connectivity index (χ0) is 13.7. The topological polar surface area (TPSA) is 49.4 Å². The molecule has 102 valence electrons. The second-order valence-electron chi connectivity index (χ2n) is 4.67. The molecular weight excluding hydrogens is 264 g/mol. The number of rotatable bonds is 1. The maximum Gasteiger partial charge on any atom is 0.313 e. The van der Waals surface area contributed by atoms with Crippen LogP contribution in [-0.2, 0) is 9.59 Å². The molecule has 1 aliphatic heterocycles. The van der Waals surface area contributed by atoms with Gasteiger partial charge in [0, 0.05) is 23.8 Å². The van der Waals surface area contributed by atoms with Crippen molar-refractivity contribution in [3.8, 4) is 0 Å². The lowest BCUT2D eigenvalue weighted by atomic mass is 10.2. The molecule has 5 heteroatoms. The van der Waals surface area contributed by atoms with Gasteiger partial charge in [0.2, 0.25) is 0 Å². The summed E-state index contributed by atoms with van der Waals surface area (Å²) in [5, 5.41) is 3.19. The average molecular weight is 281 g/mol. The van der Waals surface area contributed by atoms with Crippen molar-refractivity contribution in [2.24, 2.45) is 0 Å². The first-order valence-corrected chi connectivity index (χ1v) is 6.90. The number of likely N-dealkylation sites (tertiary alicyclic amines) is 1. The highest BCUT2D eigenvalue weighted by Gasteiger charge is 2.22. The Bertz CT molecular complexity index is 451. The van der Waals surface area contributed by atoms with Crippen LogP contribution in [0.5, 0.6) is 0 Å². The van der Waals surface area contributed by atoms with Crippen LogP contribution in [0.2, 0.25) is 5.02 Å². The number of carbonyl (C=O) groups is 2. The van der Waals surface area contributed by atoms with E-state index < -0.39 is 11.8 Å². The molecule has 0 saturated carbocycles. The van der Waals surface area contributed by atoms with Crippen LogP contribution in [0.25, 0.3) is 0 Å². The molecule has 0 unspecified atom stereocenters. The number of benzene rings is 1. The zero-order valence-corrected chi connectivity index (χ0v) is 11.4. The highest BCUT2D eigenvalue weighted by atomic mass is 35.5. The minimum Gasteiger partial charge on any atom is -0.334 e. The molecule has 1 aliphatic rings. The number of amides is 2. The molecule has 0 aliphatic carbocycles. The SMILES string of the molecule is O=C(Nc1ccc(Cl)cc1)C(=O)N1CCCCCC1. The lowest BCUT2D eigenvalue weighted by Gasteiger charge is -2.19. The van der Waals surface area contributed by atoms with E-state index in [1.165, 1.54) is 0 Å². The van der Waals surface area contributed by atoms with Crippen LogP contribution in [0, 0.1) is 0 Å². The Morgan fingerprint density at radius 3 is 2.16 bits per heavy atom. The first-order chi connectivity index (χ1) is 9.16. The van der Waals surface area contributed by atoms with Crippen molar-refractivity contribution in [3.05, 3.63) is 29.3 Å². The van der Waals surface area contributed by atoms with Crippen LogP contribution < -0.4 is 5.32 Å². The molecule has 0 atom stereocenters. The molecule has 1 heterocycles. The summed E-state index contributed by atoms with van der Waals surface area (Å²) in [5.41, 5.74) is 0.581. The zero-order valence-electron chi connectivity index (χ0n) is 10.7. The number of nitrogens with zero attached hydrogens (tertiary/aromatic N) is 1. The van der Waals surface area contributed by atoms with Gasteiger partial charge in [0.25, 0.3) is 0 Å². The van der Waals surface area contributed by atoms with Crippen molar-refractivity contribution in [2.75, 3.05) is 18.4 Å². The van der Waals surface area contributed by atoms with E-state index in [1.54, 1.807) is 29.2 Å². The van der Waals surface area contributed by atoms with Crippen LogP contribution in [0.4, 0.5) is 5.69 Å². The lowest BCUT2D eigenvalue weighted by Crippen LogP contribution is -2.40. The number of hydrogen-bond donors (Lipinski definition) is 1. The molecule has 1 aromatic carbocycles. The highest BCUT2D eigenvalue weighted by molar-refractivity contribution is 6.39. The molecular formula is C14H17ClN2O2. The molecule has 1 aromatic rings. The summed E-state index contributed by atoms with van der Waals surface area (Å²) in [7, 11) is 0. The quantitative estimate of drug-likeness (QED) is 0.804. The van der Waals surface area contributed by atoms with Crippen LogP contribution in [-0.4, -0.2) is 29.8 Å². The van der Waals surface area contributed by atoms with E-state index in [4.69, 9.17) is 11.6 Å². The average Bonchev–Trinajstić information content (AvgIpc) is 2.69. The van der Waals surface area contributed by atoms with Gasteiger partial charge in [-0.1, -0.05) is 24.4 Å². The number of anilines is 1. The molecule has 1 fully saturated rings. The third-order valence-electron chi connectivity index (χ3n) is 3.19. The molecule has 1 saturated heterocycles. The highest BCUT2D eigenvalue weighted by Crippen LogP contribution is 2.14. The van der Waals surface area contributed by atoms with Crippen molar-refractivity contribution in [1.82, 2.24) is 4.90 Å². The van der Waals surface area contributed by atoms with Crippen molar-refractivity contribution >= 4 is 29.1 Å². The van der Waals surface area contributed by atoms with Gasteiger partial charge in [-0.3, -0.25) is 9.59 Å². The van der Waals surface area contributed by atoms with Crippen LogP contribution in [0.15, 0.2) is 24.3 Å². The third kappa shape index (κ3) is 3.96. The fourth-order valence-electron chi connectivity index (χ4n) is 2.14. The first-order valence-electron chi connectivity index (χ1n) is 6.52. The molecule has 0 radical (unpaired) electrons. The Labute approximate surface area is 117 Å². The van der Waals surface area contributed by atoms with E-state index >= 15 is 0 Å². The monoisotopic (exact) mass is 280 g/mol. The van der Waals surface area contributed by atoms with Gasteiger partial charge in [0.15, 0.2) is 0 Å². The van der Waals surface area contributed by atoms with E-state index in [-0.39, 0.29) is 0 Å². The van der Waals surface area contributed by atoms with Crippen molar-refractivity contribution in [3.63, 3.8) is 0 Å². The molecule has 1 N–H and O–H groups in total.